The second-order valence-corrected chi connectivity index (χ2v) is 7.14. The lowest BCUT2D eigenvalue weighted by Gasteiger charge is -2.19. The summed E-state index contributed by atoms with van der Waals surface area (Å²) >= 11 is 0. The van der Waals surface area contributed by atoms with E-state index in [0.29, 0.717) is 31.7 Å². The fourth-order valence-corrected chi connectivity index (χ4v) is 3.17. The van der Waals surface area contributed by atoms with Gasteiger partial charge < -0.3 is 15.4 Å². The molecule has 1 spiro atoms. The Morgan fingerprint density at radius 1 is 1.28 bits per heavy atom. The van der Waals surface area contributed by atoms with E-state index >= 15 is 0 Å². The summed E-state index contributed by atoms with van der Waals surface area (Å²) in [5.41, 5.74) is -0.716. The van der Waals surface area contributed by atoms with E-state index in [-0.39, 0.29) is 37.4 Å². The maximum absolute atomic E-state index is 12.4. The zero-order valence-corrected chi connectivity index (χ0v) is 14.9. The number of urea groups is 1. The molecule has 2 fully saturated rings. The molecular weight excluding hydrogens is 326 g/mol. The molecule has 8 heteroatoms. The van der Waals surface area contributed by atoms with Crippen LogP contribution in [-0.4, -0.2) is 54.0 Å². The average Bonchev–Trinajstić information content (AvgIpc) is 3.11. The molecule has 0 aromatic carbocycles. The average molecular weight is 353 g/mol. The first-order valence-electron chi connectivity index (χ1n) is 8.90. The van der Waals surface area contributed by atoms with Crippen molar-refractivity contribution < 1.29 is 23.9 Å². The SMILES string of the molecule is CC(C)CNC(=O)COC(=O)CCCN1C(=O)NC2(CCCC2)C1=O. The molecule has 8 nitrogen and oxygen atoms in total. The number of hydrogen-bond donors (Lipinski definition) is 2. The van der Waals surface area contributed by atoms with Crippen molar-refractivity contribution in [2.45, 2.75) is 57.9 Å². The van der Waals surface area contributed by atoms with Crippen LogP contribution in [0.5, 0.6) is 0 Å². The topological polar surface area (TPSA) is 105 Å². The van der Waals surface area contributed by atoms with E-state index in [1.165, 1.54) is 4.90 Å². The van der Waals surface area contributed by atoms with Crippen LogP contribution in [0, 0.1) is 5.92 Å². The number of carbonyl (C=O) groups excluding carboxylic acids is 4. The number of esters is 1. The highest BCUT2D eigenvalue weighted by molar-refractivity contribution is 6.07. The molecule has 2 N–H and O–H groups in total. The molecule has 140 valence electrons. The molecule has 1 heterocycles. The first-order chi connectivity index (χ1) is 11.8. The Morgan fingerprint density at radius 2 is 1.96 bits per heavy atom. The first-order valence-corrected chi connectivity index (χ1v) is 8.90. The number of nitrogens with one attached hydrogen (secondary N) is 2. The summed E-state index contributed by atoms with van der Waals surface area (Å²) < 4.78 is 4.89. The molecule has 2 aliphatic rings. The van der Waals surface area contributed by atoms with Gasteiger partial charge in [0.25, 0.3) is 11.8 Å². The number of rotatable bonds is 8. The second-order valence-electron chi connectivity index (χ2n) is 7.14. The largest absolute Gasteiger partial charge is 0.456 e. The van der Waals surface area contributed by atoms with Gasteiger partial charge in [-0.2, -0.15) is 0 Å². The van der Waals surface area contributed by atoms with Crippen molar-refractivity contribution in [2.75, 3.05) is 19.7 Å². The molecule has 0 atom stereocenters. The van der Waals surface area contributed by atoms with Crippen LogP contribution in [0.15, 0.2) is 0 Å². The minimum Gasteiger partial charge on any atom is -0.456 e. The molecule has 1 saturated carbocycles. The fraction of sp³-hybridized carbons (Fsp3) is 0.765. The minimum atomic E-state index is -0.716. The van der Waals surface area contributed by atoms with E-state index in [4.69, 9.17) is 4.74 Å². The molecule has 25 heavy (non-hydrogen) atoms. The molecule has 1 aliphatic carbocycles. The van der Waals surface area contributed by atoms with Crippen LogP contribution in [0.3, 0.4) is 0 Å². The van der Waals surface area contributed by atoms with Gasteiger partial charge in [-0.25, -0.2) is 4.79 Å². The maximum Gasteiger partial charge on any atom is 0.325 e. The normalized spacial score (nSPS) is 18.8. The zero-order chi connectivity index (χ0) is 18.4. The van der Waals surface area contributed by atoms with E-state index < -0.39 is 11.5 Å². The van der Waals surface area contributed by atoms with Crippen molar-refractivity contribution in [2.24, 2.45) is 5.92 Å². The highest BCUT2D eigenvalue weighted by Crippen LogP contribution is 2.35. The van der Waals surface area contributed by atoms with E-state index in [9.17, 15) is 19.2 Å². The van der Waals surface area contributed by atoms with Gasteiger partial charge >= 0.3 is 12.0 Å². The molecule has 1 saturated heterocycles. The third-order valence-corrected chi connectivity index (χ3v) is 4.54. The van der Waals surface area contributed by atoms with Crippen molar-refractivity contribution in [3.63, 3.8) is 0 Å². The number of hydrogen-bond acceptors (Lipinski definition) is 5. The quantitative estimate of drug-likeness (QED) is 0.499. The van der Waals surface area contributed by atoms with Gasteiger partial charge in [-0.3, -0.25) is 19.3 Å². The van der Waals surface area contributed by atoms with Gasteiger partial charge in [0.05, 0.1) is 0 Å². The van der Waals surface area contributed by atoms with Crippen LogP contribution in [0.1, 0.15) is 52.4 Å². The van der Waals surface area contributed by atoms with Crippen LogP contribution < -0.4 is 10.6 Å². The monoisotopic (exact) mass is 353 g/mol. The van der Waals surface area contributed by atoms with Gasteiger partial charge in [0.1, 0.15) is 5.54 Å². The molecule has 2 rings (SSSR count). The molecule has 0 radical (unpaired) electrons. The highest BCUT2D eigenvalue weighted by atomic mass is 16.5. The molecule has 0 unspecified atom stereocenters. The van der Waals surface area contributed by atoms with Crippen LogP contribution in [0.2, 0.25) is 0 Å². The van der Waals surface area contributed by atoms with Gasteiger partial charge in [0.15, 0.2) is 6.61 Å². The lowest BCUT2D eigenvalue weighted by molar-refractivity contribution is -0.148. The van der Waals surface area contributed by atoms with Gasteiger partial charge in [0, 0.05) is 19.5 Å². The molecule has 1 aliphatic heterocycles. The zero-order valence-electron chi connectivity index (χ0n) is 14.9. The Bertz CT molecular complexity index is 540. The Labute approximate surface area is 147 Å². The standard InChI is InChI=1S/C17H27N3O5/c1-12(2)10-18-13(21)11-25-14(22)6-5-9-20-15(23)17(19-16(20)24)7-3-4-8-17/h12H,3-11H2,1-2H3,(H,18,21)(H,19,24). The van der Waals surface area contributed by atoms with Crippen molar-refractivity contribution in [1.29, 1.82) is 0 Å². The Morgan fingerprint density at radius 3 is 2.60 bits per heavy atom. The summed E-state index contributed by atoms with van der Waals surface area (Å²) in [7, 11) is 0. The van der Waals surface area contributed by atoms with Crippen LogP contribution in [0.25, 0.3) is 0 Å². The predicted molar refractivity (Wildman–Crippen MR) is 89.5 cm³/mol. The number of nitrogens with zero attached hydrogens (tertiary/aromatic N) is 1. The van der Waals surface area contributed by atoms with E-state index in [0.717, 1.165) is 12.8 Å². The first kappa shape index (κ1) is 19.2. The second kappa shape index (κ2) is 8.31. The maximum atomic E-state index is 12.4. The molecular formula is C17H27N3O5. The molecule has 0 aromatic rings. The van der Waals surface area contributed by atoms with Gasteiger partial charge in [-0.15, -0.1) is 0 Å². The smallest absolute Gasteiger partial charge is 0.325 e. The van der Waals surface area contributed by atoms with Crippen molar-refractivity contribution in [3.8, 4) is 0 Å². The summed E-state index contributed by atoms with van der Waals surface area (Å²) in [5, 5.41) is 5.45. The number of carbonyl (C=O) groups is 4. The van der Waals surface area contributed by atoms with Gasteiger partial charge in [0.2, 0.25) is 0 Å². The van der Waals surface area contributed by atoms with Crippen LogP contribution in [0.4, 0.5) is 4.79 Å². The Kier molecular flexibility index (Phi) is 6.39. The predicted octanol–water partition coefficient (Wildman–Crippen LogP) is 0.947. The van der Waals surface area contributed by atoms with Crippen molar-refractivity contribution >= 4 is 23.8 Å². The minimum absolute atomic E-state index is 0.0571. The van der Waals surface area contributed by atoms with Crippen LogP contribution in [-0.2, 0) is 19.1 Å². The van der Waals surface area contributed by atoms with Crippen LogP contribution >= 0.6 is 0 Å². The summed E-state index contributed by atoms with van der Waals surface area (Å²) in [4.78, 5) is 48.7. The third-order valence-electron chi connectivity index (χ3n) is 4.54. The van der Waals surface area contributed by atoms with E-state index in [1.54, 1.807) is 0 Å². The number of ether oxygens (including phenoxy) is 1. The summed E-state index contributed by atoms with van der Waals surface area (Å²) in [5.74, 6) is -0.704. The van der Waals surface area contributed by atoms with Crippen molar-refractivity contribution in [3.05, 3.63) is 0 Å². The fourth-order valence-electron chi connectivity index (χ4n) is 3.17. The Balaban J connectivity index is 1.66. The lowest BCUT2D eigenvalue weighted by Crippen LogP contribution is -2.44. The molecule has 0 aromatic heterocycles. The third kappa shape index (κ3) is 4.93. The van der Waals surface area contributed by atoms with Gasteiger partial charge in [-0.1, -0.05) is 26.7 Å². The van der Waals surface area contributed by atoms with Crippen molar-refractivity contribution in [1.82, 2.24) is 15.5 Å². The Hall–Kier alpha value is -2.12. The highest BCUT2D eigenvalue weighted by Gasteiger charge is 2.52. The molecule has 0 bridgehead atoms. The number of amides is 4. The summed E-state index contributed by atoms with van der Waals surface area (Å²) in [6.45, 7) is 4.35. The van der Waals surface area contributed by atoms with Gasteiger partial charge in [-0.05, 0) is 25.2 Å². The summed E-state index contributed by atoms with van der Waals surface area (Å²) in [6, 6.07) is -0.381. The summed E-state index contributed by atoms with van der Waals surface area (Å²) in [6.07, 6.45) is 3.61. The van der Waals surface area contributed by atoms with E-state index in [2.05, 4.69) is 10.6 Å². The molecule has 4 amide bonds. The van der Waals surface area contributed by atoms with E-state index in [1.807, 2.05) is 13.8 Å². The lowest BCUT2D eigenvalue weighted by atomic mass is 9.98. The number of imide groups is 1.